The minimum Gasteiger partial charge on any atom is -0.367 e. The normalized spacial score (nSPS) is 16.4. The Labute approximate surface area is 127 Å². The van der Waals surface area contributed by atoms with Gasteiger partial charge in [-0.1, -0.05) is 71.4 Å². The van der Waals surface area contributed by atoms with E-state index in [2.05, 4.69) is 27.2 Å². The Morgan fingerprint density at radius 3 is 2.70 bits per heavy atom. The quantitative estimate of drug-likeness (QED) is 0.876. The zero-order valence-electron chi connectivity index (χ0n) is 11.4. The Balaban J connectivity index is 1.91. The van der Waals surface area contributed by atoms with Crippen LogP contribution in [0.1, 0.15) is 37.8 Å². The fourth-order valence-corrected chi connectivity index (χ4v) is 3.58. The lowest BCUT2D eigenvalue weighted by atomic mass is 9.85. The summed E-state index contributed by atoms with van der Waals surface area (Å²) in [5, 5.41) is 4.21. The van der Waals surface area contributed by atoms with E-state index < -0.39 is 0 Å². The molecule has 0 atom stereocenters. The van der Waals surface area contributed by atoms with Crippen molar-refractivity contribution in [2.24, 2.45) is 5.92 Å². The van der Waals surface area contributed by atoms with Crippen LogP contribution in [0.5, 0.6) is 0 Å². The molecule has 2 N–H and O–H groups in total. The van der Waals surface area contributed by atoms with Crippen LogP contribution in [0.25, 0.3) is 11.1 Å². The van der Waals surface area contributed by atoms with Gasteiger partial charge in [-0.3, -0.25) is 0 Å². The maximum atomic E-state index is 6.00. The Hall–Kier alpha value is -1.29. The number of nitrogens with zero attached hydrogens (tertiary/aromatic N) is 1. The summed E-state index contributed by atoms with van der Waals surface area (Å²) in [6.45, 7) is 0. The van der Waals surface area contributed by atoms with Gasteiger partial charge in [-0.15, -0.1) is 0 Å². The molecule has 0 unspecified atom stereocenters. The molecule has 0 amide bonds. The molecule has 20 heavy (non-hydrogen) atoms. The summed E-state index contributed by atoms with van der Waals surface area (Å²) in [5.41, 5.74) is 9.03. The van der Waals surface area contributed by atoms with Crippen LogP contribution in [-0.2, 0) is 6.42 Å². The predicted molar refractivity (Wildman–Crippen MR) is 84.3 cm³/mol. The number of rotatable bonds is 3. The molecule has 0 aliphatic heterocycles. The molecule has 4 heteroatoms. The zero-order valence-corrected chi connectivity index (χ0v) is 13.0. The molecule has 1 aliphatic carbocycles. The summed E-state index contributed by atoms with van der Waals surface area (Å²) >= 11 is 3.59. The van der Waals surface area contributed by atoms with Gasteiger partial charge in [0, 0.05) is 10.0 Å². The van der Waals surface area contributed by atoms with Crippen molar-refractivity contribution >= 4 is 21.8 Å². The number of nitrogen functional groups attached to an aromatic ring is 1. The van der Waals surface area contributed by atoms with Crippen LogP contribution in [0.2, 0.25) is 0 Å². The third-order valence-electron chi connectivity index (χ3n) is 4.14. The number of anilines is 1. The fraction of sp³-hybridized carbons (Fsp3) is 0.438. The average molecular weight is 335 g/mol. The van der Waals surface area contributed by atoms with E-state index >= 15 is 0 Å². The fourth-order valence-electron chi connectivity index (χ4n) is 3.09. The molecule has 106 valence electrons. The van der Waals surface area contributed by atoms with Gasteiger partial charge in [0.2, 0.25) is 5.88 Å². The zero-order chi connectivity index (χ0) is 13.9. The number of nitrogens with two attached hydrogens (primary N) is 1. The highest BCUT2D eigenvalue weighted by atomic mass is 79.9. The predicted octanol–water partition coefficient (Wildman–Crippen LogP) is 4.81. The summed E-state index contributed by atoms with van der Waals surface area (Å²) in [7, 11) is 0. The lowest BCUT2D eigenvalue weighted by Crippen LogP contribution is -2.10. The maximum absolute atomic E-state index is 6.00. The van der Waals surface area contributed by atoms with Crippen molar-refractivity contribution in [1.29, 1.82) is 0 Å². The van der Waals surface area contributed by atoms with Crippen molar-refractivity contribution in [2.45, 2.75) is 38.5 Å². The van der Waals surface area contributed by atoms with Gasteiger partial charge in [0.25, 0.3) is 0 Å². The lowest BCUT2D eigenvalue weighted by molar-refractivity contribution is 0.345. The number of benzene rings is 1. The third-order valence-corrected chi connectivity index (χ3v) is 4.83. The van der Waals surface area contributed by atoms with Crippen LogP contribution in [-0.4, -0.2) is 5.16 Å². The van der Waals surface area contributed by atoms with E-state index in [-0.39, 0.29) is 0 Å². The maximum Gasteiger partial charge on any atom is 0.230 e. The van der Waals surface area contributed by atoms with Gasteiger partial charge in [0.05, 0.1) is 11.3 Å². The highest BCUT2D eigenvalue weighted by Gasteiger charge is 2.22. The molecule has 2 aromatic rings. The van der Waals surface area contributed by atoms with E-state index in [9.17, 15) is 0 Å². The Bertz CT molecular complexity index is 588. The molecule has 0 radical (unpaired) electrons. The molecular weight excluding hydrogens is 316 g/mol. The molecule has 3 rings (SSSR count). The van der Waals surface area contributed by atoms with Crippen molar-refractivity contribution in [3.63, 3.8) is 0 Å². The first-order valence-corrected chi connectivity index (χ1v) is 8.04. The second-order valence-corrected chi connectivity index (χ2v) is 6.41. The number of hydrogen-bond acceptors (Lipinski definition) is 3. The monoisotopic (exact) mass is 334 g/mol. The van der Waals surface area contributed by atoms with Gasteiger partial charge in [-0.25, -0.2) is 0 Å². The minimum atomic E-state index is 0.419. The summed E-state index contributed by atoms with van der Waals surface area (Å²) in [4.78, 5) is 0. The Morgan fingerprint density at radius 1 is 1.20 bits per heavy atom. The van der Waals surface area contributed by atoms with Gasteiger partial charge in [0.1, 0.15) is 0 Å². The lowest BCUT2D eigenvalue weighted by Gasteiger charge is -2.20. The molecule has 0 saturated heterocycles. The van der Waals surface area contributed by atoms with Gasteiger partial charge < -0.3 is 10.3 Å². The van der Waals surface area contributed by atoms with Gasteiger partial charge in [-0.2, -0.15) is 0 Å². The van der Waals surface area contributed by atoms with Crippen molar-refractivity contribution in [3.05, 3.63) is 34.4 Å². The minimum absolute atomic E-state index is 0.419. The number of aromatic nitrogens is 1. The highest BCUT2D eigenvalue weighted by Crippen LogP contribution is 2.37. The van der Waals surface area contributed by atoms with Crippen LogP contribution < -0.4 is 5.73 Å². The van der Waals surface area contributed by atoms with E-state index in [1.807, 2.05) is 18.2 Å². The van der Waals surface area contributed by atoms with Gasteiger partial charge in [-0.05, 0) is 18.4 Å². The third kappa shape index (κ3) is 2.75. The van der Waals surface area contributed by atoms with Crippen LogP contribution in [0.15, 0.2) is 33.3 Å². The molecule has 1 aromatic carbocycles. The van der Waals surface area contributed by atoms with E-state index in [0.29, 0.717) is 5.88 Å². The van der Waals surface area contributed by atoms with E-state index in [4.69, 9.17) is 10.3 Å². The first kappa shape index (κ1) is 13.7. The molecular formula is C16H19BrN2O. The summed E-state index contributed by atoms with van der Waals surface area (Å²) in [6.07, 6.45) is 7.60. The molecule has 1 aliphatic rings. The molecule has 0 spiro atoms. The number of halogens is 1. The average Bonchev–Trinajstić information content (AvgIpc) is 2.82. The molecule has 3 nitrogen and oxygen atoms in total. The van der Waals surface area contributed by atoms with Crippen LogP contribution >= 0.6 is 15.9 Å². The van der Waals surface area contributed by atoms with Crippen molar-refractivity contribution in [2.75, 3.05) is 5.73 Å². The summed E-state index contributed by atoms with van der Waals surface area (Å²) in [6, 6.07) is 8.08. The molecule has 1 aromatic heterocycles. The summed E-state index contributed by atoms with van der Waals surface area (Å²) in [5.74, 6) is 1.14. The SMILES string of the molecule is Nc1onc(CC2CCCCC2)c1-c1ccccc1Br. The van der Waals surface area contributed by atoms with Crippen LogP contribution in [0.4, 0.5) is 5.88 Å². The largest absolute Gasteiger partial charge is 0.367 e. The standard InChI is InChI=1S/C16H19BrN2O/c17-13-9-5-4-8-12(13)15-14(19-20-16(15)18)10-11-6-2-1-3-7-11/h4-5,8-9,11H,1-3,6-7,10,18H2. The topological polar surface area (TPSA) is 52.0 Å². The molecule has 1 heterocycles. The first-order chi connectivity index (χ1) is 9.75. The Morgan fingerprint density at radius 2 is 1.95 bits per heavy atom. The number of hydrogen-bond donors (Lipinski definition) is 1. The second-order valence-electron chi connectivity index (χ2n) is 5.56. The Kier molecular flexibility index (Phi) is 4.10. The van der Waals surface area contributed by atoms with E-state index in [1.165, 1.54) is 32.1 Å². The molecule has 1 fully saturated rings. The smallest absolute Gasteiger partial charge is 0.230 e. The van der Waals surface area contributed by atoms with Crippen molar-refractivity contribution in [3.8, 4) is 11.1 Å². The first-order valence-electron chi connectivity index (χ1n) is 7.24. The second kappa shape index (κ2) is 6.00. The molecule has 1 saturated carbocycles. The van der Waals surface area contributed by atoms with Crippen LogP contribution in [0, 0.1) is 5.92 Å². The van der Waals surface area contributed by atoms with Crippen LogP contribution in [0.3, 0.4) is 0 Å². The summed E-state index contributed by atoms with van der Waals surface area (Å²) < 4.78 is 6.28. The van der Waals surface area contributed by atoms with E-state index in [0.717, 1.165) is 33.6 Å². The van der Waals surface area contributed by atoms with E-state index in [1.54, 1.807) is 0 Å². The van der Waals surface area contributed by atoms with Crippen molar-refractivity contribution in [1.82, 2.24) is 5.16 Å². The molecule has 0 bridgehead atoms. The van der Waals surface area contributed by atoms with Gasteiger partial charge >= 0.3 is 0 Å². The van der Waals surface area contributed by atoms with Crippen molar-refractivity contribution < 1.29 is 4.52 Å². The highest BCUT2D eigenvalue weighted by molar-refractivity contribution is 9.10. The van der Waals surface area contributed by atoms with Gasteiger partial charge in [0.15, 0.2) is 0 Å².